The molecule has 5 nitrogen and oxygen atoms in total. The minimum absolute atomic E-state index is 0.0671. The zero-order valence-electron chi connectivity index (χ0n) is 12.4. The summed E-state index contributed by atoms with van der Waals surface area (Å²) in [6.45, 7) is 4.81. The van der Waals surface area contributed by atoms with Crippen LogP contribution in [0.25, 0.3) is 6.08 Å². The molecule has 112 valence electrons. The lowest BCUT2D eigenvalue weighted by molar-refractivity contribution is -0.130. The van der Waals surface area contributed by atoms with Gasteiger partial charge in [0, 0.05) is 31.2 Å². The molecule has 21 heavy (non-hydrogen) atoms. The Morgan fingerprint density at radius 2 is 2.33 bits per heavy atom. The number of rotatable bonds is 2. The van der Waals surface area contributed by atoms with E-state index in [4.69, 9.17) is 9.47 Å². The number of nitrogens with zero attached hydrogens (tertiary/aromatic N) is 1. The molecule has 1 amide bonds. The van der Waals surface area contributed by atoms with E-state index in [0.717, 1.165) is 36.7 Å². The molecule has 0 unspecified atom stereocenters. The van der Waals surface area contributed by atoms with Gasteiger partial charge in [-0.05, 0) is 31.2 Å². The Balaban J connectivity index is 1.85. The lowest BCUT2D eigenvalue weighted by Gasteiger charge is -2.35. The van der Waals surface area contributed by atoms with E-state index < -0.39 is 0 Å². The Kier molecular flexibility index (Phi) is 3.84. The van der Waals surface area contributed by atoms with Gasteiger partial charge in [-0.1, -0.05) is 0 Å². The molecule has 3 rings (SSSR count). The van der Waals surface area contributed by atoms with Crippen molar-refractivity contribution in [3.63, 3.8) is 0 Å². The third kappa shape index (κ3) is 2.74. The maximum Gasteiger partial charge on any atom is 0.253 e. The molecule has 2 aliphatic rings. The molecule has 1 atom stereocenters. The summed E-state index contributed by atoms with van der Waals surface area (Å²) in [5.41, 5.74) is 1.59. The molecule has 2 aliphatic heterocycles. The van der Waals surface area contributed by atoms with Crippen molar-refractivity contribution < 1.29 is 14.3 Å². The van der Waals surface area contributed by atoms with Crippen LogP contribution in [0.3, 0.4) is 0 Å². The van der Waals surface area contributed by atoms with Crippen molar-refractivity contribution in [2.75, 3.05) is 33.4 Å². The summed E-state index contributed by atoms with van der Waals surface area (Å²) in [7, 11) is 1.63. The van der Waals surface area contributed by atoms with Crippen LogP contribution in [-0.4, -0.2) is 50.2 Å². The highest BCUT2D eigenvalue weighted by atomic mass is 16.5. The fourth-order valence-electron chi connectivity index (χ4n) is 2.73. The van der Waals surface area contributed by atoms with Crippen molar-refractivity contribution >= 4 is 12.0 Å². The van der Waals surface area contributed by atoms with Gasteiger partial charge in [-0.3, -0.25) is 4.79 Å². The Hall–Kier alpha value is -2.01. The quantitative estimate of drug-likeness (QED) is 0.891. The van der Waals surface area contributed by atoms with Gasteiger partial charge in [0.2, 0.25) is 0 Å². The highest BCUT2D eigenvalue weighted by Gasteiger charge is 2.27. The zero-order valence-corrected chi connectivity index (χ0v) is 12.4. The Morgan fingerprint density at radius 1 is 1.48 bits per heavy atom. The summed E-state index contributed by atoms with van der Waals surface area (Å²) in [4.78, 5) is 14.6. The lowest BCUT2D eigenvalue weighted by atomic mass is 10.0. The summed E-state index contributed by atoms with van der Waals surface area (Å²) >= 11 is 0. The smallest absolute Gasteiger partial charge is 0.253 e. The Labute approximate surface area is 124 Å². The van der Waals surface area contributed by atoms with Crippen LogP contribution in [0.2, 0.25) is 0 Å². The first-order chi connectivity index (χ1) is 10.2. The van der Waals surface area contributed by atoms with Gasteiger partial charge in [0.1, 0.15) is 18.1 Å². The molecule has 0 saturated carbocycles. The number of piperazine rings is 1. The van der Waals surface area contributed by atoms with E-state index >= 15 is 0 Å². The Morgan fingerprint density at radius 3 is 3.10 bits per heavy atom. The molecule has 5 heteroatoms. The zero-order chi connectivity index (χ0) is 14.8. The standard InChI is InChI=1S/C16H20N2O3/c1-11-9-17-5-6-18(11)16(19)13-7-12-8-14(20-2)3-4-15(12)21-10-13/h3-4,7-8,11,17H,5-6,9-10H2,1-2H3/t11-/m0/s1. The van der Waals surface area contributed by atoms with E-state index in [1.165, 1.54) is 0 Å². The molecule has 1 aromatic rings. The van der Waals surface area contributed by atoms with E-state index in [-0.39, 0.29) is 11.9 Å². The number of fused-ring (bicyclic) bond motifs is 1. The molecule has 0 aromatic heterocycles. The van der Waals surface area contributed by atoms with Gasteiger partial charge in [-0.25, -0.2) is 0 Å². The maximum atomic E-state index is 12.6. The molecule has 0 spiro atoms. The summed E-state index contributed by atoms with van der Waals surface area (Å²) in [5.74, 6) is 1.62. The second kappa shape index (κ2) is 5.77. The van der Waals surface area contributed by atoms with Crippen LogP contribution in [0, 0.1) is 0 Å². The Bertz CT molecular complexity index is 583. The molecule has 0 aliphatic carbocycles. The van der Waals surface area contributed by atoms with Crippen molar-refractivity contribution in [2.24, 2.45) is 0 Å². The third-order valence-corrected chi connectivity index (χ3v) is 3.97. The number of benzene rings is 1. The summed E-state index contributed by atoms with van der Waals surface area (Å²) in [6, 6.07) is 5.83. The fourth-order valence-corrected chi connectivity index (χ4v) is 2.73. The van der Waals surface area contributed by atoms with E-state index in [1.807, 2.05) is 29.2 Å². The van der Waals surface area contributed by atoms with E-state index in [1.54, 1.807) is 7.11 Å². The van der Waals surface area contributed by atoms with Crippen LogP contribution < -0.4 is 14.8 Å². The molecule has 2 heterocycles. The fraction of sp³-hybridized carbons (Fsp3) is 0.438. The van der Waals surface area contributed by atoms with Gasteiger partial charge in [0.15, 0.2) is 0 Å². The normalized spacial score (nSPS) is 21.1. The highest BCUT2D eigenvalue weighted by Crippen LogP contribution is 2.30. The molecular formula is C16H20N2O3. The van der Waals surface area contributed by atoms with Gasteiger partial charge in [0.05, 0.1) is 12.7 Å². The van der Waals surface area contributed by atoms with Crippen molar-refractivity contribution in [3.05, 3.63) is 29.3 Å². The van der Waals surface area contributed by atoms with Gasteiger partial charge >= 0.3 is 0 Å². The number of carbonyl (C=O) groups is 1. The van der Waals surface area contributed by atoms with Crippen molar-refractivity contribution in [1.29, 1.82) is 0 Å². The molecular weight excluding hydrogens is 268 g/mol. The first-order valence-corrected chi connectivity index (χ1v) is 7.22. The summed E-state index contributed by atoms with van der Waals surface area (Å²) < 4.78 is 10.9. The van der Waals surface area contributed by atoms with Crippen LogP contribution in [-0.2, 0) is 4.79 Å². The van der Waals surface area contributed by atoms with Gasteiger partial charge in [-0.15, -0.1) is 0 Å². The molecule has 0 radical (unpaired) electrons. The largest absolute Gasteiger partial charge is 0.497 e. The predicted octanol–water partition coefficient (Wildman–Crippen LogP) is 1.29. The SMILES string of the molecule is COc1ccc2c(c1)C=C(C(=O)N1CCNC[C@@H]1C)CO2. The van der Waals surface area contributed by atoms with Crippen molar-refractivity contribution in [2.45, 2.75) is 13.0 Å². The average molecular weight is 288 g/mol. The monoisotopic (exact) mass is 288 g/mol. The topological polar surface area (TPSA) is 50.8 Å². The number of hydrogen-bond donors (Lipinski definition) is 1. The number of amides is 1. The number of hydrogen-bond acceptors (Lipinski definition) is 4. The average Bonchev–Trinajstić information content (AvgIpc) is 2.53. The van der Waals surface area contributed by atoms with E-state index in [2.05, 4.69) is 12.2 Å². The van der Waals surface area contributed by atoms with E-state index in [0.29, 0.717) is 12.2 Å². The molecule has 1 aromatic carbocycles. The minimum Gasteiger partial charge on any atom is -0.497 e. The van der Waals surface area contributed by atoms with Crippen LogP contribution in [0.5, 0.6) is 11.5 Å². The molecule has 1 saturated heterocycles. The first kappa shape index (κ1) is 13.9. The second-order valence-corrected chi connectivity index (χ2v) is 5.41. The number of methoxy groups -OCH3 is 1. The lowest BCUT2D eigenvalue weighted by Crippen LogP contribution is -2.53. The van der Waals surface area contributed by atoms with Crippen LogP contribution in [0.4, 0.5) is 0 Å². The maximum absolute atomic E-state index is 12.6. The van der Waals surface area contributed by atoms with Gasteiger partial charge in [0.25, 0.3) is 5.91 Å². The predicted molar refractivity (Wildman–Crippen MR) is 80.5 cm³/mol. The van der Waals surface area contributed by atoms with E-state index in [9.17, 15) is 4.79 Å². The second-order valence-electron chi connectivity index (χ2n) is 5.41. The first-order valence-electron chi connectivity index (χ1n) is 7.22. The van der Waals surface area contributed by atoms with Crippen LogP contribution in [0.1, 0.15) is 12.5 Å². The molecule has 1 fully saturated rings. The molecule has 1 N–H and O–H groups in total. The molecule has 0 bridgehead atoms. The highest BCUT2D eigenvalue weighted by molar-refractivity contribution is 5.99. The third-order valence-electron chi connectivity index (χ3n) is 3.97. The van der Waals surface area contributed by atoms with Gasteiger partial charge < -0.3 is 19.7 Å². The summed E-state index contributed by atoms with van der Waals surface area (Å²) in [6.07, 6.45) is 1.92. The van der Waals surface area contributed by atoms with Crippen LogP contribution in [0.15, 0.2) is 23.8 Å². The summed E-state index contributed by atoms with van der Waals surface area (Å²) in [5, 5.41) is 3.29. The number of carbonyl (C=O) groups excluding carboxylic acids is 1. The van der Waals surface area contributed by atoms with Crippen molar-refractivity contribution in [3.8, 4) is 11.5 Å². The number of nitrogens with one attached hydrogen (secondary N) is 1. The van der Waals surface area contributed by atoms with Crippen LogP contribution >= 0.6 is 0 Å². The van der Waals surface area contributed by atoms with Crippen molar-refractivity contribution in [1.82, 2.24) is 10.2 Å². The number of ether oxygens (including phenoxy) is 2. The van der Waals surface area contributed by atoms with Gasteiger partial charge in [-0.2, -0.15) is 0 Å². The minimum atomic E-state index is 0.0671.